The Labute approximate surface area is 184 Å². The lowest BCUT2D eigenvalue weighted by Crippen LogP contribution is -2.50. The van der Waals surface area contributed by atoms with Gasteiger partial charge in [0.15, 0.2) is 17.5 Å². The lowest BCUT2D eigenvalue weighted by atomic mass is 9.84. The van der Waals surface area contributed by atoms with Crippen molar-refractivity contribution in [2.24, 2.45) is 4.99 Å². The second kappa shape index (κ2) is 10.1. The third kappa shape index (κ3) is 5.39. The number of anilines is 1. The first-order chi connectivity index (χ1) is 14.5. The van der Waals surface area contributed by atoms with Gasteiger partial charge in [-0.05, 0) is 48.1 Å². The van der Waals surface area contributed by atoms with E-state index in [0.29, 0.717) is 6.04 Å². The molecule has 0 bridgehead atoms. The summed E-state index contributed by atoms with van der Waals surface area (Å²) >= 11 is 1.82. The number of guanidine groups is 1. The molecule has 1 aromatic heterocycles. The number of thiophene rings is 1. The normalized spacial score (nSPS) is 15.8. The molecule has 1 aliphatic rings. The highest BCUT2D eigenvalue weighted by molar-refractivity contribution is 7.14. The molecule has 0 spiro atoms. The number of piperidine rings is 1. The smallest absolute Gasteiger partial charge is 0.191 e. The Kier molecular flexibility index (Phi) is 7.48. The lowest BCUT2D eigenvalue weighted by molar-refractivity contribution is 0.353. The molecule has 0 aliphatic carbocycles. The number of nitrogens with one attached hydrogen (secondary N) is 2. The van der Waals surface area contributed by atoms with Gasteiger partial charge in [0, 0.05) is 38.1 Å². The fourth-order valence-electron chi connectivity index (χ4n) is 3.75. The van der Waals surface area contributed by atoms with E-state index in [1.54, 1.807) is 14.2 Å². The molecule has 0 radical (unpaired) electrons. The second-order valence-electron chi connectivity index (χ2n) is 8.24. The van der Waals surface area contributed by atoms with E-state index < -0.39 is 0 Å². The fraction of sp³-hybridized carbons (Fsp3) is 0.522. The molecule has 0 atom stereocenters. The van der Waals surface area contributed by atoms with Crippen LogP contribution < -0.4 is 25.0 Å². The topological polar surface area (TPSA) is 58.1 Å². The maximum Gasteiger partial charge on any atom is 0.191 e. The molecule has 2 heterocycles. The van der Waals surface area contributed by atoms with Gasteiger partial charge in [0.05, 0.1) is 19.2 Å². The first-order valence-electron chi connectivity index (χ1n) is 10.4. The summed E-state index contributed by atoms with van der Waals surface area (Å²) in [5.41, 5.74) is 1.09. The molecule has 2 N–H and O–H groups in total. The fourth-order valence-corrected chi connectivity index (χ4v) is 4.53. The van der Waals surface area contributed by atoms with Crippen molar-refractivity contribution in [3.63, 3.8) is 0 Å². The third-order valence-corrected chi connectivity index (χ3v) is 6.67. The van der Waals surface area contributed by atoms with Crippen molar-refractivity contribution in [2.45, 2.75) is 38.1 Å². The first-order valence-corrected chi connectivity index (χ1v) is 11.3. The van der Waals surface area contributed by atoms with Crippen LogP contribution in [0, 0.1) is 0 Å². The molecule has 2 aromatic rings. The number of nitrogens with zero attached hydrogens (tertiary/aromatic N) is 2. The van der Waals surface area contributed by atoms with Crippen LogP contribution in [0.25, 0.3) is 0 Å². The minimum absolute atomic E-state index is 0.0975. The van der Waals surface area contributed by atoms with E-state index in [1.165, 1.54) is 10.6 Å². The van der Waals surface area contributed by atoms with Gasteiger partial charge < -0.3 is 25.0 Å². The lowest BCUT2D eigenvalue weighted by Gasteiger charge is -2.34. The van der Waals surface area contributed by atoms with Crippen molar-refractivity contribution in [2.75, 3.05) is 45.8 Å². The SMILES string of the molecule is CN=C(NCC(C)(C)c1ccc(OC)c(OC)c1)NC1CCN(c2cccs2)CC1. The summed E-state index contributed by atoms with van der Waals surface area (Å²) in [6.45, 7) is 7.34. The number of hydrogen-bond donors (Lipinski definition) is 2. The highest BCUT2D eigenvalue weighted by Gasteiger charge is 2.24. The van der Waals surface area contributed by atoms with Gasteiger partial charge in [-0.15, -0.1) is 11.3 Å². The van der Waals surface area contributed by atoms with E-state index in [2.05, 4.69) is 64.0 Å². The molecule has 1 saturated heterocycles. The Morgan fingerprint density at radius 2 is 1.90 bits per heavy atom. The Morgan fingerprint density at radius 3 is 2.50 bits per heavy atom. The van der Waals surface area contributed by atoms with E-state index >= 15 is 0 Å². The van der Waals surface area contributed by atoms with Crippen LogP contribution in [0.15, 0.2) is 40.7 Å². The van der Waals surface area contributed by atoms with Crippen LogP contribution in [0.4, 0.5) is 5.00 Å². The molecule has 0 unspecified atom stereocenters. The molecular formula is C23H34N4O2S. The Balaban J connectivity index is 1.53. The number of ether oxygens (including phenoxy) is 2. The predicted molar refractivity (Wildman–Crippen MR) is 127 cm³/mol. The van der Waals surface area contributed by atoms with Crippen LogP contribution in [-0.2, 0) is 5.41 Å². The van der Waals surface area contributed by atoms with Gasteiger partial charge in [0.25, 0.3) is 0 Å². The zero-order chi connectivity index (χ0) is 21.6. The minimum atomic E-state index is -0.0975. The van der Waals surface area contributed by atoms with Gasteiger partial charge >= 0.3 is 0 Å². The maximum absolute atomic E-state index is 5.47. The average Bonchev–Trinajstić information content (AvgIpc) is 3.31. The molecule has 6 nitrogen and oxygen atoms in total. The largest absolute Gasteiger partial charge is 0.493 e. The molecule has 1 fully saturated rings. The van der Waals surface area contributed by atoms with E-state index in [-0.39, 0.29) is 5.41 Å². The van der Waals surface area contributed by atoms with Crippen molar-refractivity contribution in [1.82, 2.24) is 10.6 Å². The van der Waals surface area contributed by atoms with E-state index in [4.69, 9.17) is 9.47 Å². The maximum atomic E-state index is 5.47. The number of hydrogen-bond acceptors (Lipinski definition) is 5. The Morgan fingerprint density at radius 1 is 1.17 bits per heavy atom. The van der Waals surface area contributed by atoms with Gasteiger partial charge in [-0.25, -0.2) is 0 Å². The van der Waals surface area contributed by atoms with Crippen molar-refractivity contribution in [3.8, 4) is 11.5 Å². The Bertz CT molecular complexity index is 828. The van der Waals surface area contributed by atoms with Crippen LogP contribution in [0.2, 0.25) is 0 Å². The second-order valence-corrected chi connectivity index (χ2v) is 9.16. The van der Waals surface area contributed by atoms with Gasteiger partial charge in [-0.1, -0.05) is 19.9 Å². The zero-order valence-electron chi connectivity index (χ0n) is 18.7. The van der Waals surface area contributed by atoms with Crippen molar-refractivity contribution >= 4 is 22.3 Å². The van der Waals surface area contributed by atoms with E-state index in [1.807, 2.05) is 24.5 Å². The van der Waals surface area contributed by atoms with Crippen LogP contribution in [-0.4, -0.2) is 52.9 Å². The van der Waals surface area contributed by atoms with Crippen molar-refractivity contribution < 1.29 is 9.47 Å². The van der Waals surface area contributed by atoms with Crippen molar-refractivity contribution in [1.29, 1.82) is 0 Å². The summed E-state index contributed by atoms with van der Waals surface area (Å²) in [6, 6.07) is 10.9. The monoisotopic (exact) mass is 430 g/mol. The van der Waals surface area contributed by atoms with Crippen LogP contribution in [0.1, 0.15) is 32.3 Å². The van der Waals surface area contributed by atoms with Crippen molar-refractivity contribution in [3.05, 3.63) is 41.3 Å². The first kappa shape index (κ1) is 22.3. The molecule has 164 valence electrons. The summed E-state index contributed by atoms with van der Waals surface area (Å²) in [7, 11) is 5.16. The Hall–Kier alpha value is -2.41. The molecule has 0 amide bonds. The zero-order valence-corrected chi connectivity index (χ0v) is 19.5. The number of benzene rings is 1. The third-order valence-electron chi connectivity index (χ3n) is 5.74. The quantitative estimate of drug-likeness (QED) is 0.516. The van der Waals surface area contributed by atoms with E-state index in [0.717, 1.165) is 49.9 Å². The summed E-state index contributed by atoms with van der Waals surface area (Å²) in [5, 5.41) is 10.6. The summed E-state index contributed by atoms with van der Waals surface area (Å²) in [6.07, 6.45) is 2.22. The molecule has 1 aliphatic heterocycles. The van der Waals surface area contributed by atoms with Crippen LogP contribution in [0.3, 0.4) is 0 Å². The van der Waals surface area contributed by atoms with Gasteiger partial charge in [0.1, 0.15) is 0 Å². The molecule has 7 heteroatoms. The van der Waals surface area contributed by atoms with E-state index in [9.17, 15) is 0 Å². The molecule has 3 rings (SSSR count). The van der Waals surface area contributed by atoms with Crippen LogP contribution in [0.5, 0.6) is 11.5 Å². The van der Waals surface area contributed by atoms with Gasteiger partial charge in [0.2, 0.25) is 0 Å². The standard InChI is InChI=1S/C23H34N4O2S/c1-23(2,17-8-9-19(28-4)20(15-17)29-5)16-25-22(24-3)26-18-10-12-27(13-11-18)21-7-6-14-30-21/h6-9,14-15,18H,10-13,16H2,1-5H3,(H2,24,25,26). The predicted octanol–water partition coefficient (Wildman–Crippen LogP) is 3.88. The number of aliphatic imine (C=N–C) groups is 1. The summed E-state index contributed by atoms with van der Waals surface area (Å²) in [5.74, 6) is 2.36. The average molecular weight is 431 g/mol. The van der Waals surface area contributed by atoms with Gasteiger partial charge in [-0.2, -0.15) is 0 Å². The minimum Gasteiger partial charge on any atom is -0.493 e. The highest BCUT2D eigenvalue weighted by atomic mass is 32.1. The number of methoxy groups -OCH3 is 2. The molecule has 1 aromatic carbocycles. The summed E-state index contributed by atoms with van der Waals surface area (Å²) < 4.78 is 10.8. The molecule has 30 heavy (non-hydrogen) atoms. The number of rotatable bonds is 7. The summed E-state index contributed by atoms with van der Waals surface area (Å²) in [4.78, 5) is 6.92. The van der Waals surface area contributed by atoms with Crippen LogP contribution >= 0.6 is 11.3 Å². The highest BCUT2D eigenvalue weighted by Crippen LogP contribution is 2.33. The molecular weight excluding hydrogens is 396 g/mol. The van der Waals surface area contributed by atoms with Gasteiger partial charge in [-0.3, -0.25) is 4.99 Å². The molecule has 0 saturated carbocycles.